The van der Waals surface area contributed by atoms with Crippen LogP contribution in [0.3, 0.4) is 0 Å². The summed E-state index contributed by atoms with van der Waals surface area (Å²) in [5.41, 5.74) is 7.65. The molecular weight excluding hydrogens is 602 g/mol. The minimum atomic E-state index is -3.36. The summed E-state index contributed by atoms with van der Waals surface area (Å²) in [5.74, 6) is 0.663. The molecule has 4 rings (SSSR count). The van der Waals surface area contributed by atoms with Crippen molar-refractivity contribution in [1.29, 1.82) is 0 Å². The Morgan fingerprint density at radius 2 is 1.16 bits per heavy atom. The van der Waals surface area contributed by atoms with E-state index in [-0.39, 0.29) is 12.1 Å². The minimum Gasteiger partial charge on any atom is -0.652 e. The van der Waals surface area contributed by atoms with Gasteiger partial charge in [0.15, 0.2) is 8.32 Å². The van der Waals surface area contributed by atoms with Gasteiger partial charge in [-0.3, -0.25) is 0 Å². The molecule has 0 N–H and O–H groups in total. The first-order valence-corrected chi connectivity index (χ1v) is 24.1. The molecule has 0 radical (unpaired) electrons. The lowest BCUT2D eigenvalue weighted by Crippen LogP contribution is -2.70. The lowest BCUT2D eigenvalue weighted by Gasteiger charge is -2.52. The summed E-state index contributed by atoms with van der Waals surface area (Å²) >= 11 is 0. The van der Waals surface area contributed by atoms with E-state index in [4.69, 9.17) is 9.10 Å². The average molecular weight is 658 g/mol. The highest BCUT2D eigenvalue weighted by Gasteiger charge is 2.52. The van der Waals surface area contributed by atoms with E-state index < -0.39 is 23.9 Å². The molecule has 0 unspecified atom stereocenters. The van der Waals surface area contributed by atoms with Crippen molar-refractivity contribution in [2.24, 2.45) is 0 Å². The number of nitrogens with zero attached hydrogens (tertiary/aromatic N) is 3. The van der Waals surface area contributed by atoms with Crippen molar-refractivity contribution in [2.45, 2.75) is 113 Å². The molecule has 0 spiro atoms. The molecule has 0 bridgehead atoms. The van der Waals surface area contributed by atoms with Crippen LogP contribution in [0.5, 0.6) is 0 Å². The normalized spacial score (nSPS) is 13.8. The largest absolute Gasteiger partial charge is 0.652 e. The molecule has 0 amide bonds. The summed E-state index contributed by atoms with van der Waals surface area (Å²) in [5, 5.41) is 2.64. The van der Waals surface area contributed by atoms with E-state index in [0.717, 1.165) is 5.69 Å². The zero-order valence-corrected chi connectivity index (χ0v) is 32.9. The molecule has 242 valence electrons. The van der Waals surface area contributed by atoms with Crippen LogP contribution in [-0.2, 0) is 4.12 Å². The first kappa shape index (κ1) is 35.3. The summed E-state index contributed by atoms with van der Waals surface area (Å²) in [6.07, 6.45) is 0. The van der Waals surface area contributed by atoms with Gasteiger partial charge in [0, 0.05) is 13.8 Å². The fourth-order valence-corrected chi connectivity index (χ4v) is 23.4. The van der Waals surface area contributed by atoms with Crippen molar-refractivity contribution in [3.8, 4) is 0 Å². The highest BCUT2D eigenvalue weighted by atomic mass is 31.4. The number of imidazole rings is 1. The number of rotatable bonds is 12. The number of aromatic nitrogens is 2. The molecule has 1 heterocycles. The van der Waals surface area contributed by atoms with Crippen molar-refractivity contribution in [1.82, 2.24) is 4.57 Å². The second-order valence-corrected chi connectivity index (χ2v) is 26.2. The Bertz CT molecular complexity index is 1480. The topological polar surface area (TPSA) is 32.1 Å². The molecule has 1 aromatic heterocycles. The molecule has 1 atom stereocenters. The Morgan fingerprint density at radius 3 is 1.53 bits per heavy atom. The van der Waals surface area contributed by atoms with Crippen molar-refractivity contribution < 1.29 is 8.68 Å². The highest BCUT2D eigenvalue weighted by molar-refractivity contribution is 8.06. The van der Waals surface area contributed by atoms with Crippen LogP contribution in [0.2, 0.25) is 19.6 Å². The standard InChI is InChI=1S/C38H56N3OPSi2/c1-27(2)35-25-20-26-36(28(3)4)37(35)39-45(42-44(11,12)13,38-40(29(5)6)31(9)32(10)41(38)30(7)8)43(33-21-16-14-17-22-33)34-23-18-15-19-24-34/h14-30H,1-13H3/t45-/m1/s1. The quantitative estimate of drug-likeness (QED) is 0.0848. The summed E-state index contributed by atoms with van der Waals surface area (Å²) < 4.78 is 13.2. The summed E-state index contributed by atoms with van der Waals surface area (Å²) in [7, 11) is -6.64. The van der Waals surface area contributed by atoms with Gasteiger partial charge in [-0.1, -0.05) is 118 Å². The van der Waals surface area contributed by atoms with E-state index in [2.05, 4.69) is 177 Å². The van der Waals surface area contributed by atoms with Gasteiger partial charge < -0.3 is 9.10 Å². The van der Waals surface area contributed by atoms with Crippen LogP contribution in [-0.4, -0.2) is 21.0 Å². The smallest absolute Gasteiger partial charge is 0.262 e. The van der Waals surface area contributed by atoms with Gasteiger partial charge >= 0.3 is 0 Å². The van der Waals surface area contributed by atoms with Crippen molar-refractivity contribution >= 4 is 45.7 Å². The van der Waals surface area contributed by atoms with Gasteiger partial charge in [0.1, 0.15) is 11.4 Å². The van der Waals surface area contributed by atoms with Gasteiger partial charge in [-0.25, -0.2) is 9.13 Å². The maximum absolute atomic E-state index is 8.00. The van der Waals surface area contributed by atoms with Crippen molar-refractivity contribution in [3.63, 3.8) is 0 Å². The van der Waals surface area contributed by atoms with Crippen LogP contribution < -0.4 is 20.6 Å². The van der Waals surface area contributed by atoms with Crippen LogP contribution in [0.25, 0.3) is 4.98 Å². The third-order valence-corrected chi connectivity index (χ3v) is 20.9. The maximum atomic E-state index is 8.00. The van der Waals surface area contributed by atoms with Crippen molar-refractivity contribution in [3.05, 3.63) is 106 Å². The Labute approximate surface area is 277 Å². The lowest BCUT2D eigenvalue weighted by molar-refractivity contribution is -0.705. The molecular formula is C38H56N3OPSi2. The minimum absolute atomic E-state index is 0.249. The third kappa shape index (κ3) is 7.25. The summed E-state index contributed by atoms with van der Waals surface area (Å²) in [6, 6.07) is 29.6. The Hall–Kier alpha value is -2.51. The highest BCUT2D eigenvalue weighted by Crippen LogP contribution is 2.54. The number of hydrogen-bond donors (Lipinski definition) is 0. The van der Waals surface area contributed by atoms with Gasteiger partial charge in [0.25, 0.3) is 8.15 Å². The molecule has 0 fully saturated rings. The van der Waals surface area contributed by atoms with Crippen LogP contribution in [0, 0.1) is 13.8 Å². The molecule has 0 saturated heterocycles. The molecule has 45 heavy (non-hydrogen) atoms. The molecule has 4 nitrogen and oxygen atoms in total. The summed E-state index contributed by atoms with van der Waals surface area (Å²) in [6.45, 7) is 30.2. The van der Waals surface area contributed by atoms with Crippen LogP contribution in [0.4, 0.5) is 5.69 Å². The first-order chi connectivity index (χ1) is 21.1. The van der Waals surface area contributed by atoms with E-state index in [1.165, 1.54) is 38.6 Å². The molecule has 0 aliphatic rings. The molecule has 0 saturated carbocycles. The van der Waals surface area contributed by atoms with Gasteiger partial charge in [-0.15, -0.1) is 5.69 Å². The predicted octanol–water partition coefficient (Wildman–Crippen LogP) is 9.64. The monoisotopic (exact) mass is 657 g/mol. The average Bonchev–Trinajstić information content (AvgIpc) is 3.24. The van der Waals surface area contributed by atoms with E-state index in [9.17, 15) is 0 Å². The van der Waals surface area contributed by atoms with Gasteiger partial charge in [-0.2, -0.15) is 0 Å². The predicted molar refractivity (Wildman–Crippen MR) is 201 cm³/mol. The van der Waals surface area contributed by atoms with Gasteiger partial charge in [-0.05, 0) is 77.3 Å². The molecule has 4 aromatic rings. The zero-order valence-electron chi connectivity index (χ0n) is 30.0. The van der Waals surface area contributed by atoms with Gasteiger partial charge in [0.05, 0.1) is 12.1 Å². The van der Waals surface area contributed by atoms with Crippen LogP contribution in [0.15, 0.2) is 78.9 Å². The Morgan fingerprint density at radius 1 is 0.689 bits per heavy atom. The third-order valence-electron chi connectivity index (χ3n) is 8.41. The molecule has 0 aliphatic carbocycles. The Kier molecular flexibility index (Phi) is 11.1. The fourth-order valence-electron chi connectivity index (χ4n) is 6.55. The number of benzene rings is 3. The van der Waals surface area contributed by atoms with Crippen LogP contribution in [0.1, 0.15) is 102 Å². The van der Waals surface area contributed by atoms with Crippen molar-refractivity contribution in [2.75, 3.05) is 0 Å². The molecule has 7 heteroatoms. The fraction of sp³-hybridized carbons (Fsp3) is 0.447. The zero-order chi connectivity index (χ0) is 33.3. The SMILES string of the molecule is Cc1c(C)[n+](C(C)C)c([Si@@]([N-]c2c(C(C)C)cccc2C(C)C)(O[Si](C)(C)C)P(c2ccccc2)c2ccccc2)n1C(C)C. The maximum Gasteiger partial charge on any atom is 0.262 e. The van der Waals surface area contributed by atoms with E-state index in [0.29, 0.717) is 11.8 Å². The molecule has 3 aromatic carbocycles. The van der Waals surface area contributed by atoms with E-state index in [1.54, 1.807) is 0 Å². The van der Waals surface area contributed by atoms with E-state index in [1.807, 2.05) is 0 Å². The first-order valence-electron chi connectivity index (χ1n) is 16.7. The van der Waals surface area contributed by atoms with Gasteiger partial charge in [0.2, 0.25) is 5.45 Å². The summed E-state index contributed by atoms with van der Waals surface area (Å²) in [4.78, 5) is 6.32. The Balaban J connectivity index is 2.33. The van der Waals surface area contributed by atoms with Crippen LogP contribution >= 0.6 is 7.47 Å². The lowest BCUT2D eigenvalue weighted by atomic mass is 9.93. The van der Waals surface area contributed by atoms with E-state index >= 15 is 0 Å². The second kappa shape index (κ2) is 14.1. The number of hydrogen-bond acceptors (Lipinski definition) is 1. The second-order valence-electron chi connectivity index (χ2n) is 14.5. The molecule has 0 aliphatic heterocycles.